The minimum atomic E-state index is 0.153. The maximum absolute atomic E-state index is 11.7. The van der Waals surface area contributed by atoms with Crippen LogP contribution < -0.4 is 0 Å². The fraction of sp³-hybridized carbons (Fsp3) is 0.762. The number of alkyl halides is 1. The maximum Gasteiger partial charge on any atom is 0.148 e. The monoisotopic (exact) mass is 370 g/mol. The Morgan fingerprint density at radius 2 is 1.58 bits per heavy atom. The molecule has 3 heteroatoms. The predicted molar refractivity (Wildman–Crippen MR) is 108 cm³/mol. The van der Waals surface area contributed by atoms with E-state index in [4.69, 9.17) is 11.6 Å². The first-order valence-corrected chi connectivity index (χ1v) is 11.3. The number of rotatable bonds is 16. The van der Waals surface area contributed by atoms with E-state index in [2.05, 4.69) is 24.4 Å². The second-order valence-electron chi connectivity index (χ2n) is 6.91. The van der Waals surface area contributed by atoms with Crippen LogP contribution >= 0.6 is 22.9 Å². The van der Waals surface area contributed by atoms with Gasteiger partial charge in [0, 0.05) is 17.2 Å². The molecule has 0 radical (unpaired) electrons. The van der Waals surface area contributed by atoms with Crippen molar-refractivity contribution in [2.24, 2.45) is 0 Å². The van der Waals surface area contributed by atoms with E-state index in [0.29, 0.717) is 12.3 Å². The lowest BCUT2D eigenvalue weighted by Crippen LogP contribution is -2.07. The van der Waals surface area contributed by atoms with Crippen LogP contribution in [0.3, 0.4) is 0 Å². The number of hydrogen-bond donors (Lipinski definition) is 0. The molecule has 0 spiro atoms. The fourth-order valence-corrected chi connectivity index (χ4v) is 4.23. The molecule has 0 fully saturated rings. The van der Waals surface area contributed by atoms with Gasteiger partial charge in [-0.15, -0.1) is 22.9 Å². The van der Waals surface area contributed by atoms with Gasteiger partial charge in [-0.1, -0.05) is 83.6 Å². The summed E-state index contributed by atoms with van der Waals surface area (Å²) in [7, 11) is 0. The van der Waals surface area contributed by atoms with Crippen molar-refractivity contribution in [1.29, 1.82) is 0 Å². The third kappa shape index (κ3) is 10.5. The van der Waals surface area contributed by atoms with E-state index in [1.54, 1.807) is 11.3 Å². The molecule has 0 saturated heterocycles. The molecule has 1 aromatic heterocycles. The lowest BCUT2D eigenvalue weighted by Gasteiger charge is -2.14. The molecule has 0 aliphatic carbocycles. The number of carbonyl (C=O) groups excluding carboxylic acids is 1. The highest BCUT2D eigenvalue weighted by molar-refractivity contribution is 7.10. The number of halogens is 1. The van der Waals surface area contributed by atoms with Gasteiger partial charge < -0.3 is 0 Å². The molecule has 1 nitrogen and oxygen atoms in total. The Hall–Kier alpha value is -0.340. The second kappa shape index (κ2) is 15.0. The predicted octanol–water partition coefficient (Wildman–Crippen LogP) is 7.73. The minimum Gasteiger partial charge on any atom is -0.298 e. The van der Waals surface area contributed by atoms with E-state index in [9.17, 15) is 4.79 Å². The van der Waals surface area contributed by atoms with Crippen LogP contribution in [0.2, 0.25) is 0 Å². The minimum absolute atomic E-state index is 0.153. The lowest BCUT2D eigenvalue weighted by molar-refractivity contribution is -0.117. The van der Waals surface area contributed by atoms with Crippen molar-refractivity contribution in [2.75, 3.05) is 5.88 Å². The van der Waals surface area contributed by atoms with Gasteiger partial charge in [0.2, 0.25) is 0 Å². The van der Waals surface area contributed by atoms with Crippen LogP contribution in [0, 0.1) is 0 Å². The Morgan fingerprint density at radius 3 is 2.08 bits per heavy atom. The van der Waals surface area contributed by atoms with Gasteiger partial charge >= 0.3 is 0 Å². The van der Waals surface area contributed by atoms with Crippen molar-refractivity contribution in [1.82, 2.24) is 0 Å². The number of unbranched alkanes of at least 4 members (excludes halogenated alkanes) is 10. The third-order valence-electron chi connectivity index (χ3n) is 4.72. The average Bonchev–Trinajstić information content (AvgIpc) is 3.13. The highest BCUT2D eigenvalue weighted by atomic mass is 35.5. The molecule has 0 aromatic carbocycles. The van der Waals surface area contributed by atoms with E-state index in [0.717, 1.165) is 6.42 Å². The molecule has 0 bridgehead atoms. The molecular weight excluding hydrogens is 336 g/mol. The summed E-state index contributed by atoms with van der Waals surface area (Å²) in [6.45, 7) is 2.27. The largest absolute Gasteiger partial charge is 0.298 e. The molecular formula is C21H35ClOS. The number of carbonyl (C=O) groups is 1. The van der Waals surface area contributed by atoms with Crippen LogP contribution in [-0.4, -0.2) is 11.7 Å². The lowest BCUT2D eigenvalue weighted by atomic mass is 9.94. The SMILES string of the molecule is CCCCCCCCCCCCCC(CC(=O)CCl)c1cccs1. The topological polar surface area (TPSA) is 17.1 Å². The first-order valence-electron chi connectivity index (χ1n) is 9.89. The first-order chi connectivity index (χ1) is 11.8. The molecule has 0 aliphatic heterocycles. The zero-order valence-electron chi connectivity index (χ0n) is 15.4. The molecule has 1 aromatic rings. The molecule has 1 heterocycles. The summed E-state index contributed by atoms with van der Waals surface area (Å²) in [5.41, 5.74) is 0. The Balaban J connectivity index is 2.06. The van der Waals surface area contributed by atoms with Crippen LogP contribution in [-0.2, 0) is 4.79 Å². The van der Waals surface area contributed by atoms with Crippen molar-refractivity contribution < 1.29 is 4.79 Å². The molecule has 1 unspecified atom stereocenters. The molecule has 1 rings (SSSR count). The molecule has 1 atom stereocenters. The number of Topliss-reactive ketones (excluding diaryl/α,β-unsaturated/α-hetero) is 1. The van der Waals surface area contributed by atoms with E-state index < -0.39 is 0 Å². The van der Waals surface area contributed by atoms with Crippen molar-refractivity contribution >= 4 is 28.7 Å². The van der Waals surface area contributed by atoms with E-state index in [-0.39, 0.29) is 11.7 Å². The maximum atomic E-state index is 11.7. The van der Waals surface area contributed by atoms with Crippen molar-refractivity contribution in [3.05, 3.63) is 22.4 Å². The smallest absolute Gasteiger partial charge is 0.148 e. The Kier molecular flexibility index (Phi) is 13.5. The fourth-order valence-electron chi connectivity index (χ4n) is 3.25. The third-order valence-corrected chi connectivity index (χ3v) is 6.06. The van der Waals surface area contributed by atoms with Gasteiger partial charge in [0.15, 0.2) is 0 Å². The van der Waals surface area contributed by atoms with E-state index in [1.165, 1.54) is 75.5 Å². The molecule has 138 valence electrons. The molecule has 0 saturated carbocycles. The summed E-state index contributed by atoms with van der Waals surface area (Å²) in [4.78, 5) is 13.0. The van der Waals surface area contributed by atoms with Gasteiger partial charge in [-0.25, -0.2) is 0 Å². The second-order valence-corrected chi connectivity index (χ2v) is 8.16. The zero-order valence-corrected chi connectivity index (χ0v) is 17.0. The van der Waals surface area contributed by atoms with Crippen molar-refractivity contribution in [3.8, 4) is 0 Å². The standard InChI is InChI=1S/C21H35ClOS/c1-2-3-4-5-6-7-8-9-10-11-12-14-19(17-20(23)18-22)21-15-13-16-24-21/h13,15-16,19H,2-12,14,17-18H2,1H3. The van der Waals surface area contributed by atoms with Crippen LogP contribution in [0.5, 0.6) is 0 Å². The van der Waals surface area contributed by atoms with Gasteiger partial charge in [0.05, 0.1) is 5.88 Å². The first kappa shape index (κ1) is 21.7. The Labute approximate surface area is 158 Å². The van der Waals surface area contributed by atoms with E-state index >= 15 is 0 Å². The van der Waals surface area contributed by atoms with Crippen LogP contribution in [0.15, 0.2) is 17.5 Å². The Bertz CT molecular complexity index is 402. The molecule has 0 amide bonds. The van der Waals surface area contributed by atoms with Gasteiger partial charge in [0.25, 0.3) is 0 Å². The van der Waals surface area contributed by atoms with Crippen LogP contribution in [0.25, 0.3) is 0 Å². The molecule has 0 aliphatic rings. The van der Waals surface area contributed by atoms with Gasteiger partial charge in [-0.2, -0.15) is 0 Å². The normalized spacial score (nSPS) is 12.4. The summed E-state index contributed by atoms with van der Waals surface area (Å²) in [5.74, 6) is 0.716. The number of hydrogen-bond acceptors (Lipinski definition) is 2. The quantitative estimate of drug-likeness (QED) is 0.215. The zero-order chi connectivity index (χ0) is 17.5. The highest BCUT2D eigenvalue weighted by Gasteiger charge is 2.16. The van der Waals surface area contributed by atoms with Crippen LogP contribution in [0.4, 0.5) is 0 Å². The highest BCUT2D eigenvalue weighted by Crippen LogP contribution is 2.30. The average molecular weight is 371 g/mol. The summed E-state index contributed by atoms with van der Waals surface area (Å²) in [5, 5.41) is 2.11. The van der Waals surface area contributed by atoms with E-state index in [1.807, 2.05) is 0 Å². The summed E-state index contributed by atoms with van der Waals surface area (Å²) < 4.78 is 0. The molecule has 24 heavy (non-hydrogen) atoms. The summed E-state index contributed by atoms with van der Waals surface area (Å²) in [6.07, 6.45) is 16.8. The Morgan fingerprint density at radius 1 is 1.00 bits per heavy atom. The summed E-state index contributed by atoms with van der Waals surface area (Å²) >= 11 is 7.45. The van der Waals surface area contributed by atoms with Gasteiger partial charge in [0.1, 0.15) is 5.78 Å². The van der Waals surface area contributed by atoms with Crippen molar-refractivity contribution in [2.45, 2.75) is 96.3 Å². The summed E-state index contributed by atoms with van der Waals surface area (Å²) in [6, 6.07) is 4.24. The van der Waals surface area contributed by atoms with Crippen LogP contribution in [0.1, 0.15) is 101 Å². The number of ketones is 1. The number of thiophene rings is 1. The van der Waals surface area contributed by atoms with Gasteiger partial charge in [-0.05, 0) is 17.9 Å². The molecule has 0 N–H and O–H groups in total. The van der Waals surface area contributed by atoms with Crippen molar-refractivity contribution in [3.63, 3.8) is 0 Å². The van der Waals surface area contributed by atoms with Gasteiger partial charge in [-0.3, -0.25) is 4.79 Å².